The fraction of sp³-hybridized carbons (Fsp3) is 0. The van der Waals surface area contributed by atoms with Crippen LogP contribution in [0.15, 0.2) is 82.4 Å². The van der Waals surface area contributed by atoms with E-state index in [-0.39, 0.29) is 0 Å². The summed E-state index contributed by atoms with van der Waals surface area (Å²) in [5.74, 6) is 0.681. The third-order valence-electron chi connectivity index (χ3n) is 3.95. The first-order valence-corrected chi connectivity index (χ1v) is 9.71. The zero-order valence-corrected chi connectivity index (χ0v) is 15.2. The molecule has 6 heteroatoms. The van der Waals surface area contributed by atoms with Crippen LogP contribution >= 0.6 is 23.1 Å². The van der Waals surface area contributed by atoms with Crippen LogP contribution in [0, 0.1) is 0 Å². The summed E-state index contributed by atoms with van der Waals surface area (Å²) in [6, 6.07) is 20.1. The first-order valence-electron chi connectivity index (χ1n) is 8.07. The highest BCUT2D eigenvalue weighted by Crippen LogP contribution is 2.37. The number of fused-ring (bicyclic) bond motifs is 2. The molecule has 0 saturated carbocycles. The first kappa shape index (κ1) is 15.4. The van der Waals surface area contributed by atoms with Gasteiger partial charge < -0.3 is 0 Å². The maximum atomic E-state index is 4.82. The molecule has 0 aliphatic heterocycles. The van der Waals surface area contributed by atoms with Gasteiger partial charge in [-0.2, -0.15) is 0 Å². The van der Waals surface area contributed by atoms with Gasteiger partial charge in [0.05, 0.1) is 15.7 Å². The fourth-order valence-corrected chi connectivity index (χ4v) is 4.82. The van der Waals surface area contributed by atoms with Crippen LogP contribution in [0.25, 0.3) is 32.5 Å². The van der Waals surface area contributed by atoms with Gasteiger partial charge in [0.1, 0.15) is 5.03 Å². The highest BCUT2D eigenvalue weighted by Gasteiger charge is 2.13. The molecule has 0 amide bonds. The van der Waals surface area contributed by atoms with E-state index in [4.69, 9.17) is 15.0 Å². The van der Waals surface area contributed by atoms with Crippen molar-refractivity contribution in [1.29, 1.82) is 0 Å². The summed E-state index contributed by atoms with van der Waals surface area (Å²) in [5.41, 5.74) is 2.85. The number of thiazole rings is 1. The van der Waals surface area contributed by atoms with Crippen LogP contribution in [-0.4, -0.2) is 19.9 Å². The van der Waals surface area contributed by atoms with Crippen molar-refractivity contribution in [3.05, 3.63) is 73.1 Å². The van der Waals surface area contributed by atoms with Gasteiger partial charge in [-0.05, 0) is 42.1 Å². The van der Waals surface area contributed by atoms with Gasteiger partial charge in [-0.15, -0.1) is 11.3 Å². The largest absolute Gasteiger partial charge is 0.264 e. The Morgan fingerprint density at radius 3 is 2.46 bits per heavy atom. The van der Waals surface area contributed by atoms with Crippen LogP contribution in [-0.2, 0) is 0 Å². The molecule has 124 valence electrons. The monoisotopic (exact) mass is 372 g/mol. The molecule has 0 saturated heterocycles. The average Bonchev–Trinajstić information content (AvgIpc) is 3.11. The Morgan fingerprint density at radius 2 is 1.62 bits per heavy atom. The van der Waals surface area contributed by atoms with Gasteiger partial charge in [0.15, 0.2) is 10.2 Å². The molecule has 0 N–H and O–H groups in total. The van der Waals surface area contributed by atoms with E-state index < -0.39 is 0 Å². The van der Waals surface area contributed by atoms with E-state index in [0.717, 1.165) is 31.3 Å². The highest BCUT2D eigenvalue weighted by molar-refractivity contribution is 8.01. The predicted octanol–water partition coefficient (Wildman–Crippen LogP) is 5.45. The van der Waals surface area contributed by atoms with Crippen molar-refractivity contribution < 1.29 is 0 Å². The van der Waals surface area contributed by atoms with Crippen molar-refractivity contribution in [2.24, 2.45) is 0 Å². The molecule has 0 spiro atoms. The number of hydrogen-bond donors (Lipinski definition) is 0. The number of benzene rings is 2. The number of hydrogen-bond acceptors (Lipinski definition) is 6. The second-order valence-corrected chi connectivity index (χ2v) is 7.93. The molecule has 0 fully saturated rings. The zero-order chi connectivity index (χ0) is 17.3. The van der Waals surface area contributed by atoms with Crippen molar-refractivity contribution in [3.8, 4) is 11.4 Å². The van der Waals surface area contributed by atoms with Gasteiger partial charge >= 0.3 is 0 Å². The summed E-state index contributed by atoms with van der Waals surface area (Å²) in [4.78, 5) is 18.4. The second-order valence-electron chi connectivity index (χ2n) is 5.66. The SMILES string of the molecule is c1cncc(-c2nc(Sc3nc4ccccc4s3)c3ccccc3n2)c1. The fourth-order valence-electron chi connectivity index (χ4n) is 2.73. The topological polar surface area (TPSA) is 51.6 Å². The summed E-state index contributed by atoms with van der Waals surface area (Å²) in [5, 5.41) is 1.94. The predicted molar refractivity (Wildman–Crippen MR) is 107 cm³/mol. The molecule has 3 heterocycles. The standard InChI is InChI=1S/C20H12N4S2/c1-2-8-15-14(7-1)19(24-18(22-15)13-6-5-11-21-12-13)26-20-23-16-9-3-4-10-17(16)25-20/h1-12H. The molecule has 0 radical (unpaired) electrons. The Labute approximate surface area is 158 Å². The number of nitrogens with zero attached hydrogens (tertiary/aromatic N) is 4. The van der Waals surface area contributed by atoms with Crippen molar-refractivity contribution in [2.45, 2.75) is 9.37 Å². The number of rotatable bonds is 3. The lowest BCUT2D eigenvalue weighted by Crippen LogP contribution is -1.94. The highest BCUT2D eigenvalue weighted by atomic mass is 32.2. The molecular weight excluding hydrogens is 360 g/mol. The molecule has 0 bridgehead atoms. The maximum absolute atomic E-state index is 4.82. The Morgan fingerprint density at radius 1 is 0.769 bits per heavy atom. The van der Waals surface area contributed by atoms with E-state index in [2.05, 4.69) is 17.1 Å². The lowest BCUT2D eigenvalue weighted by molar-refractivity contribution is 1.10. The lowest BCUT2D eigenvalue weighted by Gasteiger charge is -2.07. The van der Waals surface area contributed by atoms with E-state index in [1.54, 1.807) is 35.5 Å². The second kappa shape index (κ2) is 6.48. The van der Waals surface area contributed by atoms with Gasteiger partial charge in [0, 0.05) is 23.3 Å². The molecule has 0 aliphatic rings. The van der Waals surface area contributed by atoms with Crippen molar-refractivity contribution in [1.82, 2.24) is 19.9 Å². The minimum atomic E-state index is 0.681. The van der Waals surface area contributed by atoms with Crippen LogP contribution < -0.4 is 0 Å². The van der Waals surface area contributed by atoms with Crippen molar-refractivity contribution >= 4 is 44.2 Å². The Kier molecular flexibility index (Phi) is 3.84. The Hall–Kier alpha value is -2.83. The molecule has 0 unspecified atom stereocenters. The van der Waals surface area contributed by atoms with Crippen LogP contribution in [0.4, 0.5) is 0 Å². The molecule has 2 aromatic carbocycles. The lowest BCUT2D eigenvalue weighted by atomic mass is 10.2. The molecule has 26 heavy (non-hydrogen) atoms. The Bertz CT molecular complexity index is 1190. The smallest absolute Gasteiger partial charge is 0.162 e. The van der Waals surface area contributed by atoms with E-state index in [9.17, 15) is 0 Å². The van der Waals surface area contributed by atoms with Gasteiger partial charge in [0.25, 0.3) is 0 Å². The van der Waals surface area contributed by atoms with Crippen LogP contribution in [0.3, 0.4) is 0 Å². The summed E-state index contributed by atoms with van der Waals surface area (Å²) < 4.78 is 2.16. The van der Waals surface area contributed by atoms with Gasteiger partial charge in [0.2, 0.25) is 0 Å². The van der Waals surface area contributed by atoms with Gasteiger partial charge in [-0.25, -0.2) is 15.0 Å². The molecule has 3 aromatic heterocycles. The van der Waals surface area contributed by atoms with Crippen molar-refractivity contribution in [2.75, 3.05) is 0 Å². The average molecular weight is 372 g/mol. The quantitative estimate of drug-likeness (QED) is 0.394. The zero-order valence-electron chi connectivity index (χ0n) is 13.5. The number of pyridine rings is 1. The molecule has 4 nitrogen and oxygen atoms in total. The minimum absolute atomic E-state index is 0.681. The normalized spacial score (nSPS) is 11.2. The van der Waals surface area contributed by atoms with Crippen LogP contribution in [0.5, 0.6) is 0 Å². The molecular formula is C20H12N4S2. The molecule has 0 atom stereocenters. The molecule has 0 aliphatic carbocycles. The summed E-state index contributed by atoms with van der Waals surface area (Å²) in [6.07, 6.45) is 3.54. The van der Waals surface area contributed by atoms with E-state index >= 15 is 0 Å². The molecule has 5 aromatic rings. The first-order chi connectivity index (χ1) is 12.9. The van der Waals surface area contributed by atoms with Gasteiger partial charge in [-0.1, -0.05) is 30.3 Å². The van der Waals surface area contributed by atoms with Gasteiger partial charge in [-0.3, -0.25) is 4.98 Å². The minimum Gasteiger partial charge on any atom is -0.264 e. The summed E-state index contributed by atoms with van der Waals surface area (Å²) in [6.45, 7) is 0. The number of para-hydroxylation sites is 2. The summed E-state index contributed by atoms with van der Waals surface area (Å²) >= 11 is 3.27. The third-order valence-corrected chi connectivity index (χ3v) is 6.05. The van der Waals surface area contributed by atoms with Crippen molar-refractivity contribution in [3.63, 3.8) is 0 Å². The Balaban J connectivity index is 1.65. The molecule has 5 rings (SSSR count). The third kappa shape index (κ3) is 2.83. The number of aromatic nitrogens is 4. The summed E-state index contributed by atoms with van der Waals surface area (Å²) in [7, 11) is 0. The van der Waals surface area contributed by atoms with Crippen LogP contribution in [0.2, 0.25) is 0 Å². The van der Waals surface area contributed by atoms with E-state index in [1.807, 2.05) is 48.5 Å². The maximum Gasteiger partial charge on any atom is 0.162 e. The van der Waals surface area contributed by atoms with Crippen LogP contribution in [0.1, 0.15) is 0 Å². The van der Waals surface area contributed by atoms with E-state index in [1.165, 1.54) is 4.70 Å². The van der Waals surface area contributed by atoms with E-state index in [0.29, 0.717) is 5.82 Å².